The molecule has 3 aromatic rings. The monoisotopic (exact) mass is 367 g/mol. The Morgan fingerprint density at radius 2 is 2.07 bits per heavy atom. The van der Waals surface area contributed by atoms with Crippen LogP contribution in [0.4, 0.5) is 10.6 Å². The maximum absolute atomic E-state index is 12.6. The number of carbonyl (C=O) groups is 1. The average Bonchev–Trinajstić information content (AvgIpc) is 2.99. The Labute approximate surface area is 155 Å². The minimum absolute atomic E-state index is 0.210. The van der Waals surface area contributed by atoms with Gasteiger partial charge in [0.1, 0.15) is 5.82 Å². The SMILES string of the molecule is CN(C)CCNC(=O)Nc1ncc2c(=O)n(-c3ccccc3)[nH]c2c1C=N. The number of aromatic nitrogens is 3. The number of hydrogen-bond donors (Lipinski definition) is 4. The van der Waals surface area contributed by atoms with E-state index in [2.05, 4.69) is 20.7 Å². The summed E-state index contributed by atoms with van der Waals surface area (Å²) in [6.45, 7) is 1.17. The number of rotatable bonds is 6. The first kappa shape index (κ1) is 18.3. The van der Waals surface area contributed by atoms with Crippen molar-refractivity contribution in [3.8, 4) is 5.69 Å². The molecule has 0 atom stereocenters. The third kappa shape index (κ3) is 3.87. The summed E-state index contributed by atoms with van der Waals surface area (Å²) in [5.74, 6) is 0.210. The second-order valence-corrected chi connectivity index (χ2v) is 6.23. The summed E-state index contributed by atoms with van der Waals surface area (Å²) in [6.07, 6.45) is 2.46. The lowest BCUT2D eigenvalue weighted by molar-refractivity contribution is 0.250. The molecule has 9 nitrogen and oxygen atoms in total. The molecule has 2 heterocycles. The van der Waals surface area contributed by atoms with Crippen LogP contribution in [0.1, 0.15) is 5.56 Å². The zero-order valence-electron chi connectivity index (χ0n) is 15.1. The first-order valence-electron chi connectivity index (χ1n) is 8.40. The van der Waals surface area contributed by atoms with Crippen molar-refractivity contribution in [1.29, 1.82) is 5.41 Å². The van der Waals surface area contributed by atoms with E-state index in [0.717, 1.165) is 6.21 Å². The van der Waals surface area contributed by atoms with Gasteiger partial charge in [0.2, 0.25) is 0 Å². The van der Waals surface area contributed by atoms with E-state index in [9.17, 15) is 9.59 Å². The Morgan fingerprint density at radius 3 is 2.74 bits per heavy atom. The molecule has 2 amide bonds. The number of nitrogens with one attached hydrogen (secondary N) is 4. The number of fused-ring (bicyclic) bond motifs is 1. The fraction of sp³-hybridized carbons (Fsp3) is 0.222. The molecule has 2 aromatic heterocycles. The molecule has 0 radical (unpaired) electrons. The van der Waals surface area contributed by atoms with Crippen LogP contribution in [0.5, 0.6) is 0 Å². The van der Waals surface area contributed by atoms with Gasteiger partial charge in [0, 0.05) is 25.5 Å². The van der Waals surface area contributed by atoms with Crippen molar-refractivity contribution in [2.24, 2.45) is 0 Å². The molecule has 0 fully saturated rings. The highest BCUT2D eigenvalue weighted by Crippen LogP contribution is 2.20. The van der Waals surface area contributed by atoms with Crippen molar-refractivity contribution in [1.82, 2.24) is 25.0 Å². The number of H-pyrrole nitrogens is 1. The smallest absolute Gasteiger partial charge is 0.320 e. The molecule has 1 aromatic carbocycles. The average molecular weight is 367 g/mol. The molecular weight excluding hydrogens is 346 g/mol. The third-order valence-electron chi connectivity index (χ3n) is 4.01. The van der Waals surface area contributed by atoms with Gasteiger partial charge in [0.15, 0.2) is 0 Å². The Hall–Kier alpha value is -3.46. The van der Waals surface area contributed by atoms with Crippen molar-refractivity contribution in [3.63, 3.8) is 0 Å². The minimum Gasteiger partial charge on any atom is -0.337 e. The Kier molecular flexibility index (Phi) is 5.32. The zero-order chi connectivity index (χ0) is 19.4. The standard InChI is InChI=1S/C18H21N7O2/c1-24(2)9-8-20-18(27)22-16-13(10-19)15-14(11-21-16)17(26)25(23-15)12-6-4-3-5-7-12/h3-7,10-11,19,23H,8-9H2,1-2H3,(H2,20,21,22,27). The number of aromatic amines is 1. The number of anilines is 1. The topological polar surface area (TPSA) is 119 Å². The highest BCUT2D eigenvalue weighted by Gasteiger charge is 2.16. The van der Waals surface area contributed by atoms with E-state index in [0.29, 0.717) is 35.2 Å². The van der Waals surface area contributed by atoms with Gasteiger partial charge in [-0.25, -0.2) is 14.5 Å². The van der Waals surface area contributed by atoms with Gasteiger partial charge in [-0.05, 0) is 26.2 Å². The van der Waals surface area contributed by atoms with Crippen LogP contribution >= 0.6 is 0 Å². The summed E-state index contributed by atoms with van der Waals surface area (Å²) >= 11 is 0. The van der Waals surface area contributed by atoms with Crippen LogP contribution in [-0.4, -0.2) is 59.1 Å². The van der Waals surface area contributed by atoms with Crippen LogP contribution in [0.15, 0.2) is 41.3 Å². The third-order valence-corrected chi connectivity index (χ3v) is 4.01. The number of carbonyl (C=O) groups excluding carboxylic acids is 1. The van der Waals surface area contributed by atoms with E-state index in [4.69, 9.17) is 5.41 Å². The lowest BCUT2D eigenvalue weighted by Gasteiger charge is -2.12. The molecule has 3 rings (SSSR count). The predicted molar refractivity (Wildman–Crippen MR) is 105 cm³/mol. The van der Waals surface area contributed by atoms with Gasteiger partial charge in [0.25, 0.3) is 5.56 Å². The van der Waals surface area contributed by atoms with Crippen molar-refractivity contribution in [3.05, 3.63) is 52.4 Å². The number of amides is 2. The normalized spacial score (nSPS) is 10.9. The molecule has 9 heteroatoms. The molecule has 0 aliphatic rings. The number of hydrogen-bond acceptors (Lipinski definition) is 5. The zero-order valence-corrected chi connectivity index (χ0v) is 15.1. The molecule has 27 heavy (non-hydrogen) atoms. The molecule has 0 bridgehead atoms. The van der Waals surface area contributed by atoms with Crippen LogP contribution < -0.4 is 16.2 Å². The number of urea groups is 1. The van der Waals surface area contributed by atoms with Crippen molar-refractivity contribution < 1.29 is 4.79 Å². The Balaban J connectivity index is 1.93. The van der Waals surface area contributed by atoms with Gasteiger partial charge >= 0.3 is 6.03 Å². The summed E-state index contributed by atoms with van der Waals surface area (Å²) in [7, 11) is 3.83. The maximum atomic E-state index is 12.6. The minimum atomic E-state index is -0.420. The van der Waals surface area contributed by atoms with Crippen LogP contribution in [0.2, 0.25) is 0 Å². The lowest BCUT2D eigenvalue weighted by Crippen LogP contribution is -2.34. The second kappa shape index (κ2) is 7.83. The number of likely N-dealkylation sites (N-methyl/N-ethyl adjacent to an activating group) is 1. The highest BCUT2D eigenvalue weighted by atomic mass is 16.2. The molecular formula is C18H21N7O2. The Bertz CT molecular complexity index is 1020. The van der Waals surface area contributed by atoms with E-state index in [1.807, 2.05) is 37.2 Å². The van der Waals surface area contributed by atoms with Crippen molar-refractivity contribution in [2.45, 2.75) is 0 Å². The highest BCUT2D eigenvalue weighted by molar-refractivity contribution is 6.04. The van der Waals surface area contributed by atoms with Crippen molar-refractivity contribution in [2.75, 3.05) is 32.5 Å². The first-order chi connectivity index (χ1) is 13.0. The molecule has 0 aliphatic heterocycles. The van der Waals surface area contributed by atoms with E-state index in [-0.39, 0.29) is 11.4 Å². The summed E-state index contributed by atoms with van der Waals surface area (Å²) in [5.41, 5.74) is 1.18. The van der Waals surface area contributed by atoms with Gasteiger partial charge in [-0.15, -0.1) is 0 Å². The van der Waals surface area contributed by atoms with Gasteiger partial charge in [-0.2, -0.15) is 0 Å². The van der Waals surface area contributed by atoms with Crippen molar-refractivity contribution >= 4 is 29.0 Å². The first-order valence-corrected chi connectivity index (χ1v) is 8.40. The van der Waals surface area contributed by atoms with Crippen LogP contribution in [0.3, 0.4) is 0 Å². The van der Waals surface area contributed by atoms with E-state index in [1.165, 1.54) is 10.9 Å². The maximum Gasteiger partial charge on any atom is 0.320 e. The largest absolute Gasteiger partial charge is 0.337 e. The fourth-order valence-corrected chi connectivity index (χ4v) is 2.64. The van der Waals surface area contributed by atoms with Gasteiger partial charge in [-0.1, -0.05) is 18.2 Å². The molecule has 140 valence electrons. The van der Waals surface area contributed by atoms with Gasteiger partial charge < -0.3 is 15.6 Å². The molecule has 0 saturated carbocycles. The fourth-order valence-electron chi connectivity index (χ4n) is 2.64. The number of benzene rings is 1. The second-order valence-electron chi connectivity index (χ2n) is 6.23. The summed E-state index contributed by atoms with van der Waals surface area (Å²) in [6, 6.07) is 8.69. The molecule has 0 aliphatic carbocycles. The predicted octanol–water partition coefficient (Wildman–Crippen LogP) is 1.39. The van der Waals surface area contributed by atoms with Gasteiger partial charge in [-0.3, -0.25) is 15.2 Å². The molecule has 4 N–H and O–H groups in total. The van der Waals surface area contributed by atoms with E-state index >= 15 is 0 Å². The van der Waals surface area contributed by atoms with Crippen LogP contribution in [0.25, 0.3) is 16.6 Å². The summed E-state index contributed by atoms with van der Waals surface area (Å²) < 4.78 is 1.39. The van der Waals surface area contributed by atoms with Crippen LogP contribution in [-0.2, 0) is 0 Å². The van der Waals surface area contributed by atoms with Crippen LogP contribution in [0, 0.1) is 5.41 Å². The number of para-hydroxylation sites is 1. The lowest BCUT2D eigenvalue weighted by atomic mass is 10.2. The van der Waals surface area contributed by atoms with Gasteiger partial charge in [0.05, 0.1) is 22.2 Å². The number of nitrogens with zero attached hydrogens (tertiary/aromatic N) is 3. The number of pyridine rings is 1. The molecule has 0 unspecified atom stereocenters. The van der Waals surface area contributed by atoms with E-state index in [1.54, 1.807) is 12.1 Å². The Morgan fingerprint density at radius 1 is 1.33 bits per heavy atom. The quantitative estimate of drug-likeness (QED) is 0.492. The summed E-state index contributed by atoms with van der Waals surface area (Å²) in [5, 5.41) is 16.4. The summed E-state index contributed by atoms with van der Waals surface area (Å²) in [4.78, 5) is 30.8. The molecule has 0 saturated heterocycles. The molecule has 0 spiro atoms. The van der Waals surface area contributed by atoms with E-state index < -0.39 is 6.03 Å².